The fraction of sp³-hybridized carbons (Fsp3) is 0.846. The van der Waals surface area contributed by atoms with Gasteiger partial charge in [-0.25, -0.2) is 0 Å². The van der Waals surface area contributed by atoms with Crippen LogP contribution in [0.5, 0.6) is 0 Å². The molecule has 1 aliphatic carbocycles. The quantitative estimate of drug-likeness (QED) is 0.683. The van der Waals surface area contributed by atoms with E-state index >= 15 is 0 Å². The van der Waals surface area contributed by atoms with Crippen molar-refractivity contribution in [2.45, 2.75) is 52.1 Å². The first kappa shape index (κ1) is 11.8. The number of rotatable bonds is 4. The summed E-state index contributed by atoms with van der Waals surface area (Å²) in [6.45, 7) is 10.5. The Morgan fingerprint density at radius 1 is 1.50 bits per heavy atom. The van der Waals surface area contributed by atoms with Gasteiger partial charge in [-0.05, 0) is 43.4 Å². The molecule has 1 rings (SSSR count). The number of aliphatic hydroxyl groups is 1. The molecule has 0 saturated heterocycles. The van der Waals surface area contributed by atoms with E-state index in [1.165, 1.54) is 6.42 Å². The highest BCUT2D eigenvalue weighted by atomic mass is 16.3. The van der Waals surface area contributed by atoms with Crippen molar-refractivity contribution >= 4 is 0 Å². The third-order valence-corrected chi connectivity index (χ3v) is 3.62. The second-order valence-electron chi connectivity index (χ2n) is 5.30. The molecule has 1 aliphatic rings. The maximum Gasteiger partial charge on any atom is 0.0855 e. The van der Waals surface area contributed by atoms with Gasteiger partial charge < -0.3 is 5.11 Å². The largest absolute Gasteiger partial charge is 0.386 e. The minimum atomic E-state index is -0.575. The first-order valence-electron chi connectivity index (χ1n) is 5.85. The molecule has 0 aromatic carbocycles. The lowest BCUT2D eigenvalue weighted by Crippen LogP contribution is -2.34. The van der Waals surface area contributed by atoms with E-state index in [9.17, 15) is 5.11 Å². The molecule has 3 atom stereocenters. The summed E-state index contributed by atoms with van der Waals surface area (Å²) < 4.78 is 0. The minimum Gasteiger partial charge on any atom is -0.386 e. The second-order valence-corrected chi connectivity index (χ2v) is 5.30. The SMILES string of the molecule is C=CC1(O)CCCC1C(C)CC(C)C. The highest BCUT2D eigenvalue weighted by Gasteiger charge is 2.41. The van der Waals surface area contributed by atoms with Crippen molar-refractivity contribution < 1.29 is 5.11 Å². The van der Waals surface area contributed by atoms with Crippen molar-refractivity contribution in [1.82, 2.24) is 0 Å². The van der Waals surface area contributed by atoms with E-state index < -0.39 is 5.60 Å². The van der Waals surface area contributed by atoms with Crippen molar-refractivity contribution in [2.24, 2.45) is 17.8 Å². The van der Waals surface area contributed by atoms with Crippen LogP contribution in [-0.4, -0.2) is 10.7 Å². The molecule has 0 aliphatic heterocycles. The van der Waals surface area contributed by atoms with Crippen LogP contribution in [0.1, 0.15) is 46.5 Å². The van der Waals surface area contributed by atoms with Crippen LogP contribution in [0.4, 0.5) is 0 Å². The highest BCUT2D eigenvalue weighted by molar-refractivity contribution is 5.05. The van der Waals surface area contributed by atoms with Gasteiger partial charge in [-0.15, -0.1) is 6.58 Å². The first-order chi connectivity index (χ1) is 6.49. The average molecular weight is 196 g/mol. The molecule has 1 fully saturated rings. The monoisotopic (exact) mass is 196 g/mol. The molecule has 3 unspecified atom stereocenters. The Bertz CT molecular complexity index is 197. The Kier molecular flexibility index (Phi) is 3.77. The molecule has 1 N–H and O–H groups in total. The first-order valence-corrected chi connectivity index (χ1v) is 5.85. The number of hydrogen-bond donors (Lipinski definition) is 1. The lowest BCUT2D eigenvalue weighted by atomic mass is 9.78. The average Bonchev–Trinajstić information content (AvgIpc) is 2.47. The van der Waals surface area contributed by atoms with Gasteiger partial charge in [0.25, 0.3) is 0 Å². The summed E-state index contributed by atoms with van der Waals surface area (Å²) in [5, 5.41) is 10.3. The maximum absolute atomic E-state index is 10.3. The van der Waals surface area contributed by atoms with E-state index in [0.717, 1.165) is 25.2 Å². The van der Waals surface area contributed by atoms with Crippen LogP contribution in [-0.2, 0) is 0 Å². The highest BCUT2D eigenvalue weighted by Crippen LogP contribution is 2.42. The van der Waals surface area contributed by atoms with Crippen LogP contribution < -0.4 is 0 Å². The van der Waals surface area contributed by atoms with Crippen molar-refractivity contribution in [3.8, 4) is 0 Å². The fourth-order valence-corrected chi connectivity index (χ4v) is 2.98. The zero-order valence-corrected chi connectivity index (χ0v) is 9.79. The summed E-state index contributed by atoms with van der Waals surface area (Å²) in [7, 11) is 0. The van der Waals surface area contributed by atoms with Crippen molar-refractivity contribution in [3.05, 3.63) is 12.7 Å². The smallest absolute Gasteiger partial charge is 0.0855 e. The van der Waals surface area contributed by atoms with Gasteiger partial charge >= 0.3 is 0 Å². The molecular formula is C13H24O. The van der Waals surface area contributed by atoms with Crippen LogP contribution in [0.3, 0.4) is 0 Å². The van der Waals surface area contributed by atoms with E-state index in [4.69, 9.17) is 0 Å². The van der Waals surface area contributed by atoms with Gasteiger partial charge in [-0.3, -0.25) is 0 Å². The normalized spacial score (nSPS) is 34.8. The van der Waals surface area contributed by atoms with Crippen LogP contribution in [0, 0.1) is 17.8 Å². The number of hydrogen-bond acceptors (Lipinski definition) is 1. The lowest BCUT2D eigenvalue weighted by Gasteiger charge is -2.32. The van der Waals surface area contributed by atoms with Gasteiger partial charge in [0.05, 0.1) is 5.60 Å². The second kappa shape index (κ2) is 4.48. The standard InChI is InChI=1S/C13H24O/c1-5-13(14)8-6-7-12(13)11(4)9-10(2)3/h5,10-12,14H,1,6-9H2,2-4H3. The molecule has 1 nitrogen and oxygen atoms in total. The molecule has 0 spiro atoms. The summed E-state index contributed by atoms with van der Waals surface area (Å²) in [5.74, 6) is 1.77. The van der Waals surface area contributed by atoms with Gasteiger partial charge in [0.15, 0.2) is 0 Å². The summed E-state index contributed by atoms with van der Waals surface area (Å²) in [6, 6.07) is 0. The predicted octanol–water partition coefficient (Wildman–Crippen LogP) is 3.39. The molecule has 1 saturated carbocycles. The summed E-state index contributed by atoms with van der Waals surface area (Å²) in [4.78, 5) is 0. The zero-order valence-electron chi connectivity index (χ0n) is 9.79. The van der Waals surface area contributed by atoms with Gasteiger partial charge in [0.1, 0.15) is 0 Å². The molecule has 1 heteroatoms. The molecule has 0 aromatic rings. The van der Waals surface area contributed by atoms with E-state index in [0.29, 0.717) is 11.8 Å². The molecule has 82 valence electrons. The van der Waals surface area contributed by atoms with Gasteiger partial charge in [0, 0.05) is 0 Å². The summed E-state index contributed by atoms with van der Waals surface area (Å²) >= 11 is 0. The molecule has 0 amide bonds. The Hall–Kier alpha value is -0.300. The Morgan fingerprint density at radius 3 is 2.64 bits per heavy atom. The van der Waals surface area contributed by atoms with Crippen LogP contribution in [0.15, 0.2) is 12.7 Å². The van der Waals surface area contributed by atoms with Crippen molar-refractivity contribution in [2.75, 3.05) is 0 Å². The summed E-state index contributed by atoms with van der Waals surface area (Å²) in [6.07, 6.45) is 6.19. The maximum atomic E-state index is 10.3. The Labute approximate surface area is 88.2 Å². The molecule has 0 heterocycles. The zero-order chi connectivity index (χ0) is 10.8. The molecule has 14 heavy (non-hydrogen) atoms. The van der Waals surface area contributed by atoms with E-state index in [2.05, 4.69) is 27.4 Å². The molecule has 0 radical (unpaired) electrons. The van der Waals surface area contributed by atoms with E-state index in [1.54, 1.807) is 6.08 Å². The summed E-state index contributed by atoms with van der Waals surface area (Å²) in [5.41, 5.74) is -0.575. The minimum absolute atomic E-state index is 0.433. The van der Waals surface area contributed by atoms with Gasteiger partial charge in [0.2, 0.25) is 0 Å². The van der Waals surface area contributed by atoms with E-state index in [1.807, 2.05) is 0 Å². The van der Waals surface area contributed by atoms with Crippen molar-refractivity contribution in [3.63, 3.8) is 0 Å². The Morgan fingerprint density at radius 2 is 2.14 bits per heavy atom. The van der Waals surface area contributed by atoms with Gasteiger partial charge in [-0.1, -0.05) is 26.8 Å². The van der Waals surface area contributed by atoms with Crippen LogP contribution in [0.25, 0.3) is 0 Å². The Balaban J connectivity index is 2.62. The lowest BCUT2D eigenvalue weighted by molar-refractivity contribution is 0.0234. The van der Waals surface area contributed by atoms with Gasteiger partial charge in [-0.2, -0.15) is 0 Å². The molecular weight excluding hydrogens is 172 g/mol. The molecule has 0 aromatic heterocycles. The fourth-order valence-electron chi connectivity index (χ4n) is 2.98. The van der Waals surface area contributed by atoms with E-state index in [-0.39, 0.29) is 0 Å². The third kappa shape index (κ3) is 2.38. The van der Waals surface area contributed by atoms with Crippen LogP contribution >= 0.6 is 0 Å². The van der Waals surface area contributed by atoms with Crippen LogP contribution in [0.2, 0.25) is 0 Å². The topological polar surface area (TPSA) is 20.2 Å². The van der Waals surface area contributed by atoms with Crippen molar-refractivity contribution in [1.29, 1.82) is 0 Å². The third-order valence-electron chi connectivity index (χ3n) is 3.62. The molecule has 0 bridgehead atoms. The predicted molar refractivity (Wildman–Crippen MR) is 61.1 cm³/mol.